The Hall–Kier alpha value is -0.820. The van der Waals surface area contributed by atoms with Crippen molar-refractivity contribution in [3.63, 3.8) is 0 Å². The van der Waals surface area contributed by atoms with Crippen LogP contribution in [-0.2, 0) is 4.74 Å². The van der Waals surface area contributed by atoms with Gasteiger partial charge in [-0.15, -0.1) is 0 Å². The van der Waals surface area contributed by atoms with Crippen LogP contribution in [0.25, 0.3) is 0 Å². The van der Waals surface area contributed by atoms with E-state index in [4.69, 9.17) is 4.74 Å². The van der Waals surface area contributed by atoms with Gasteiger partial charge >= 0.3 is 0 Å². The lowest BCUT2D eigenvalue weighted by molar-refractivity contribution is 0.415. The van der Waals surface area contributed by atoms with Crippen molar-refractivity contribution in [3.05, 3.63) is 34.4 Å². The topological polar surface area (TPSA) is 12.5 Å². The van der Waals surface area contributed by atoms with Crippen LogP contribution >= 0.6 is 0 Å². The first kappa shape index (κ1) is 7.81. The van der Waals surface area contributed by atoms with E-state index in [0.29, 0.717) is 6.10 Å². The third kappa shape index (κ3) is 1.25. The van der Waals surface area contributed by atoms with Gasteiger partial charge in [0, 0.05) is 0 Å². The van der Waals surface area contributed by atoms with Gasteiger partial charge in [0.05, 0.1) is 6.61 Å². The SMILES string of the molecule is Cc1cc(C)c([C@@H]2CO2)cc1C. The summed E-state index contributed by atoms with van der Waals surface area (Å²) in [6.45, 7) is 7.37. The van der Waals surface area contributed by atoms with Gasteiger partial charge in [-0.2, -0.15) is 0 Å². The molecule has 0 aromatic heterocycles. The van der Waals surface area contributed by atoms with Crippen molar-refractivity contribution in [1.82, 2.24) is 0 Å². The lowest BCUT2D eigenvalue weighted by Crippen LogP contribution is -1.91. The van der Waals surface area contributed by atoms with Gasteiger partial charge in [-0.3, -0.25) is 0 Å². The Labute approximate surface area is 73.4 Å². The molecule has 0 amide bonds. The predicted octanol–water partition coefficient (Wildman–Crippen LogP) is 2.68. The van der Waals surface area contributed by atoms with Crippen LogP contribution in [0.1, 0.15) is 28.4 Å². The highest BCUT2D eigenvalue weighted by molar-refractivity contribution is 5.38. The molecule has 1 aliphatic rings. The number of epoxide rings is 1. The summed E-state index contributed by atoms with van der Waals surface area (Å²) in [6, 6.07) is 4.49. The Morgan fingerprint density at radius 2 is 1.67 bits per heavy atom. The van der Waals surface area contributed by atoms with E-state index in [9.17, 15) is 0 Å². The van der Waals surface area contributed by atoms with Gasteiger partial charge in [0.1, 0.15) is 6.10 Å². The van der Waals surface area contributed by atoms with E-state index >= 15 is 0 Å². The first-order valence-corrected chi connectivity index (χ1v) is 4.38. The second kappa shape index (κ2) is 2.60. The van der Waals surface area contributed by atoms with Gasteiger partial charge in [-0.25, -0.2) is 0 Å². The van der Waals surface area contributed by atoms with Crippen molar-refractivity contribution in [2.75, 3.05) is 6.61 Å². The third-order valence-electron chi connectivity index (χ3n) is 2.56. The molecule has 1 saturated heterocycles. The van der Waals surface area contributed by atoms with Gasteiger partial charge in [0.25, 0.3) is 0 Å². The predicted molar refractivity (Wildman–Crippen MR) is 49.3 cm³/mol. The Balaban J connectivity index is 2.47. The molecule has 1 aliphatic heterocycles. The fourth-order valence-electron chi connectivity index (χ4n) is 1.56. The van der Waals surface area contributed by atoms with E-state index in [2.05, 4.69) is 32.9 Å². The molecule has 0 N–H and O–H groups in total. The Morgan fingerprint density at radius 3 is 2.25 bits per heavy atom. The smallest absolute Gasteiger partial charge is 0.106 e. The highest BCUT2D eigenvalue weighted by Gasteiger charge is 2.26. The first-order valence-electron chi connectivity index (χ1n) is 4.38. The number of benzene rings is 1. The second-order valence-electron chi connectivity index (χ2n) is 3.62. The third-order valence-corrected chi connectivity index (χ3v) is 2.56. The summed E-state index contributed by atoms with van der Waals surface area (Å²) in [7, 11) is 0. The van der Waals surface area contributed by atoms with Crippen LogP contribution in [-0.4, -0.2) is 6.61 Å². The molecule has 1 aromatic carbocycles. The van der Waals surface area contributed by atoms with Crippen LogP contribution in [0, 0.1) is 20.8 Å². The summed E-state index contributed by atoms with van der Waals surface area (Å²) in [6.07, 6.45) is 0.393. The minimum atomic E-state index is 0.393. The molecule has 1 fully saturated rings. The molecule has 0 unspecified atom stereocenters. The molecule has 2 rings (SSSR count). The Bertz CT molecular complexity index is 311. The van der Waals surface area contributed by atoms with E-state index in [1.54, 1.807) is 0 Å². The molecule has 12 heavy (non-hydrogen) atoms. The van der Waals surface area contributed by atoms with Gasteiger partial charge < -0.3 is 4.74 Å². The number of rotatable bonds is 1. The molecule has 0 saturated carbocycles. The maximum atomic E-state index is 5.27. The van der Waals surface area contributed by atoms with Gasteiger partial charge in [0.2, 0.25) is 0 Å². The number of ether oxygens (including phenoxy) is 1. The van der Waals surface area contributed by atoms with E-state index in [1.807, 2.05) is 0 Å². The Kier molecular flexibility index (Phi) is 1.69. The zero-order valence-corrected chi connectivity index (χ0v) is 7.85. The minimum Gasteiger partial charge on any atom is -0.368 e. The molecule has 1 aromatic rings. The van der Waals surface area contributed by atoms with Gasteiger partial charge in [0.15, 0.2) is 0 Å². The summed E-state index contributed by atoms with van der Waals surface area (Å²) in [5, 5.41) is 0. The van der Waals surface area contributed by atoms with Crippen molar-refractivity contribution in [1.29, 1.82) is 0 Å². The second-order valence-corrected chi connectivity index (χ2v) is 3.62. The molecular weight excluding hydrogens is 148 g/mol. The molecule has 0 radical (unpaired) electrons. The normalized spacial score (nSPS) is 21.1. The fraction of sp³-hybridized carbons (Fsp3) is 0.455. The summed E-state index contributed by atoms with van der Waals surface area (Å²) >= 11 is 0. The number of hydrogen-bond donors (Lipinski definition) is 0. The molecule has 1 nitrogen and oxygen atoms in total. The minimum absolute atomic E-state index is 0.393. The first-order chi connectivity index (χ1) is 5.68. The maximum Gasteiger partial charge on any atom is 0.106 e. The average molecular weight is 162 g/mol. The Morgan fingerprint density at radius 1 is 1.08 bits per heavy atom. The van der Waals surface area contributed by atoms with Crippen molar-refractivity contribution < 1.29 is 4.74 Å². The molecule has 1 heteroatoms. The van der Waals surface area contributed by atoms with E-state index in [0.717, 1.165) is 6.61 Å². The van der Waals surface area contributed by atoms with Crippen molar-refractivity contribution in [2.24, 2.45) is 0 Å². The van der Waals surface area contributed by atoms with Gasteiger partial charge in [-0.05, 0) is 43.0 Å². The molecular formula is C11H14O. The zero-order valence-electron chi connectivity index (χ0n) is 7.85. The van der Waals surface area contributed by atoms with Gasteiger partial charge in [-0.1, -0.05) is 12.1 Å². The summed E-state index contributed by atoms with van der Waals surface area (Å²) in [5.74, 6) is 0. The van der Waals surface area contributed by atoms with Crippen LogP contribution < -0.4 is 0 Å². The molecule has 0 bridgehead atoms. The fourth-order valence-corrected chi connectivity index (χ4v) is 1.56. The molecule has 1 atom stereocenters. The average Bonchev–Trinajstić information content (AvgIpc) is 2.79. The number of hydrogen-bond acceptors (Lipinski definition) is 1. The van der Waals surface area contributed by atoms with Crippen LogP contribution in [0.4, 0.5) is 0 Å². The van der Waals surface area contributed by atoms with E-state index in [1.165, 1.54) is 22.3 Å². The van der Waals surface area contributed by atoms with Crippen molar-refractivity contribution in [2.45, 2.75) is 26.9 Å². The van der Waals surface area contributed by atoms with Crippen molar-refractivity contribution in [3.8, 4) is 0 Å². The number of aryl methyl sites for hydroxylation is 3. The highest BCUT2D eigenvalue weighted by atomic mass is 16.6. The molecule has 1 heterocycles. The summed E-state index contributed by atoms with van der Waals surface area (Å²) in [5.41, 5.74) is 5.47. The largest absolute Gasteiger partial charge is 0.368 e. The maximum absolute atomic E-state index is 5.27. The van der Waals surface area contributed by atoms with Crippen LogP contribution in [0.5, 0.6) is 0 Å². The quantitative estimate of drug-likeness (QED) is 0.578. The highest BCUT2D eigenvalue weighted by Crippen LogP contribution is 2.33. The van der Waals surface area contributed by atoms with Crippen LogP contribution in [0.15, 0.2) is 12.1 Å². The van der Waals surface area contributed by atoms with Crippen molar-refractivity contribution >= 4 is 0 Å². The van der Waals surface area contributed by atoms with Crippen LogP contribution in [0.2, 0.25) is 0 Å². The lowest BCUT2D eigenvalue weighted by Gasteiger charge is -2.06. The summed E-state index contributed by atoms with van der Waals surface area (Å²) in [4.78, 5) is 0. The van der Waals surface area contributed by atoms with Crippen LogP contribution in [0.3, 0.4) is 0 Å². The van der Waals surface area contributed by atoms with E-state index in [-0.39, 0.29) is 0 Å². The lowest BCUT2D eigenvalue weighted by atomic mass is 9.99. The van der Waals surface area contributed by atoms with E-state index < -0.39 is 0 Å². The monoisotopic (exact) mass is 162 g/mol. The zero-order chi connectivity index (χ0) is 8.72. The molecule has 0 aliphatic carbocycles. The molecule has 0 spiro atoms. The standard InChI is InChI=1S/C11H14O/c1-7-4-9(3)10(5-8(7)2)11-6-12-11/h4-5,11H,6H2,1-3H3/t11-/m0/s1. The molecule has 64 valence electrons. The summed E-state index contributed by atoms with van der Waals surface area (Å²) < 4.78 is 5.27.